The quantitative estimate of drug-likeness (QED) is 0.203. The molecule has 32 heavy (non-hydrogen) atoms. The smallest absolute Gasteiger partial charge is 0.311 e. The van der Waals surface area contributed by atoms with E-state index in [0.717, 1.165) is 18.2 Å². The molecule has 0 amide bonds. The Morgan fingerprint density at radius 1 is 0.969 bits per heavy atom. The number of nitrogens with zero attached hydrogens (tertiary/aromatic N) is 1. The van der Waals surface area contributed by atoms with Crippen LogP contribution < -0.4 is 0 Å². The van der Waals surface area contributed by atoms with Gasteiger partial charge < -0.3 is 5.11 Å². The molecule has 3 rings (SSSR count). The summed E-state index contributed by atoms with van der Waals surface area (Å²) in [4.78, 5) is 22.9. The van der Waals surface area contributed by atoms with Gasteiger partial charge >= 0.3 is 5.69 Å². The Morgan fingerprint density at radius 3 is 2.09 bits per heavy atom. The fourth-order valence-electron chi connectivity index (χ4n) is 2.85. The van der Waals surface area contributed by atoms with Crippen LogP contribution in [0.1, 0.15) is 21.5 Å². The highest BCUT2D eigenvalue weighted by Gasteiger charge is 2.27. The van der Waals surface area contributed by atoms with Gasteiger partial charge in [-0.1, -0.05) is 41.4 Å². The number of nitro groups is 1. The minimum atomic E-state index is -4.18. The molecule has 0 spiro atoms. The van der Waals surface area contributed by atoms with Gasteiger partial charge in [-0.15, -0.1) is 0 Å². The zero-order valence-corrected chi connectivity index (χ0v) is 18.6. The summed E-state index contributed by atoms with van der Waals surface area (Å²) in [5.74, 6) is -1.87. The molecule has 164 valence electrons. The van der Waals surface area contributed by atoms with Crippen molar-refractivity contribution in [2.45, 2.75) is 5.75 Å². The summed E-state index contributed by atoms with van der Waals surface area (Å²) >= 11 is 11.7. The van der Waals surface area contributed by atoms with E-state index < -0.39 is 42.6 Å². The molecule has 3 aromatic rings. The molecular weight excluding hydrogens is 477 g/mol. The van der Waals surface area contributed by atoms with Gasteiger partial charge in [0.15, 0.2) is 15.6 Å². The molecule has 0 atom stereocenters. The molecule has 0 aliphatic rings. The second kappa shape index (κ2) is 9.52. The van der Waals surface area contributed by atoms with E-state index in [9.17, 15) is 28.4 Å². The fraction of sp³-hybridized carbons (Fsp3) is 0.0455. The Balaban J connectivity index is 2.12. The van der Waals surface area contributed by atoms with Crippen LogP contribution in [-0.4, -0.2) is 24.2 Å². The maximum absolute atomic E-state index is 13.2. The van der Waals surface area contributed by atoms with Crippen molar-refractivity contribution in [3.63, 3.8) is 0 Å². The van der Waals surface area contributed by atoms with Gasteiger partial charge in [-0.2, -0.15) is 0 Å². The zero-order valence-electron chi connectivity index (χ0n) is 16.2. The molecule has 0 aromatic heterocycles. The van der Waals surface area contributed by atoms with Crippen LogP contribution in [0, 0.1) is 10.1 Å². The Bertz CT molecular complexity index is 1320. The lowest BCUT2D eigenvalue weighted by Crippen LogP contribution is -2.16. The average molecular weight is 492 g/mol. The monoisotopic (exact) mass is 491 g/mol. The summed E-state index contributed by atoms with van der Waals surface area (Å²) < 4.78 is 26.5. The molecule has 7 nitrogen and oxygen atoms in total. The van der Waals surface area contributed by atoms with Crippen LogP contribution in [0.4, 0.5) is 5.69 Å². The number of hydrogen-bond donors (Lipinski definition) is 1. The molecule has 0 heterocycles. The Morgan fingerprint density at radius 2 is 1.53 bits per heavy atom. The predicted molar refractivity (Wildman–Crippen MR) is 123 cm³/mol. The molecule has 0 unspecified atom stereocenters. The third-order valence-corrected chi connectivity index (χ3v) is 6.62. The van der Waals surface area contributed by atoms with E-state index >= 15 is 0 Å². The van der Waals surface area contributed by atoms with E-state index in [-0.39, 0.29) is 11.1 Å². The summed E-state index contributed by atoms with van der Waals surface area (Å²) in [5, 5.41) is 21.6. The number of benzene rings is 3. The highest BCUT2D eigenvalue weighted by molar-refractivity contribution is 7.95. The average Bonchev–Trinajstić information content (AvgIpc) is 2.74. The van der Waals surface area contributed by atoms with Gasteiger partial charge in [0.25, 0.3) is 0 Å². The van der Waals surface area contributed by atoms with Crippen LogP contribution in [0.2, 0.25) is 10.0 Å². The first-order chi connectivity index (χ1) is 15.1. The van der Waals surface area contributed by atoms with Crippen LogP contribution in [0.5, 0.6) is 5.75 Å². The van der Waals surface area contributed by atoms with Crippen LogP contribution >= 0.6 is 23.2 Å². The first-order valence-corrected chi connectivity index (χ1v) is 11.4. The van der Waals surface area contributed by atoms with Crippen LogP contribution in [0.15, 0.2) is 71.6 Å². The number of hydrogen-bond acceptors (Lipinski definition) is 6. The van der Waals surface area contributed by atoms with Gasteiger partial charge in [0.1, 0.15) is 4.91 Å². The molecule has 1 N–H and O–H groups in total. The number of Topliss-reactive ketones (excluding diaryl/α,β-unsaturated/α-hetero) is 1. The van der Waals surface area contributed by atoms with Crippen molar-refractivity contribution < 1.29 is 23.2 Å². The maximum atomic E-state index is 13.2. The van der Waals surface area contributed by atoms with E-state index in [2.05, 4.69) is 0 Å². The Hall–Kier alpha value is -3.20. The number of phenols is 1. The number of ketones is 1. The third-order valence-electron chi connectivity index (χ3n) is 4.43. The van der Waals surface area contributed by atoms with Gasteiger partial charge in [0, 0.05) is 21.7 Å². The topological polar surface area (TPSA) is 115 Å². The molecular formula is C22H15Cl2NO6S. The van der Waals surface area contributed by atoms with Crippen molar-refractivity contribution in [2.75, 3.05) is 0 Å². The first kappa shape index (κ1) is 23.5. The molecule has 0 aliphatic carbocycles. The number of rotatable bonds is 7. The summed E-state index contributed by atoms with van der Waals surface area (Å²) in [7, 11) is -4.18. The maximum Gasteiger partial charge on any atom is 0.311 e. The van der Waals surface area contributed by atoms with Crippen LogP contribution in [0.25, 0.3) is 6.08 Å². The van der Waals surface area contributed by atoms with Crippen molar-refractivity contribution in [1.29, 1.82) is 0 Å². The number of carbonyl (C=O) groups is 1. The lowest BCUT2D eigenvalue weighted by atomic mass is 10.1. The number of allylic oxidation sites excluding steroid dienone is 1. The lowest BCUT2D eigenvalue weighted by Gasteiger charge is -2.10. The number of carbonyl (C=O) groups excluding carboxylic acids is 1. The van der Waals surface area contributed by atoms with Crippen molar-refractivity contribution in [2.24, 2.45) is 0 Å². The van der Waals surface area contributed by atoms with E-state index in [1.54, 1.807) is 0 Å². The van der Waals surface area contributed by atoms with E-state index in [4.69, 9.17) is 23.2 Å². The lowest BCUT2D eigenvalue weighted by molar-refractivity contribution is -0.385. The largest absolute Gasteiger partial charge is 0.502 e. The molecule has 0 saturated heterocycles. The van der Waals surface area contributed by atoms with Crippen molar-refractivity contribution >= 4 is 50.6 Å². The van der Waals surface area contributed by atoms with Crippen LogP contribution in [0.3, 0.4) is 0 Å². The molecule has 0 saturated carbocycles. The van der Waals surface area contributed by atoms with Gasteiger partial charge in [-0.05, 0) is 59.7 Å². The molecule has 0 bridgehead atoms. The minimum absolute atomic E-state index is 0.0616. The second-order valence-electron chi connectivity index (χ2n) is 6.74. The zero-order chi connectivity index (χ0) is 23.5. The van der Waals surface area contributed by atoms with Gasteiger partial charge in [-0.25, -0.2) is 8.42 Å². The van der Waals surface area contributed by atoms with E-state index in [0.29, 0.717) is 15.6 Å². The molecule has 3 aromatic carbocycles. The summed E-state index contributed by atoms with van der Waals surface area (Å²) in [6.07, 6.45) is 1.05. The van der Waals surface area contributed by atoms with E-state index in [1.165, 1.54) is 54.6 Å². The third kappa shape index (κ3) is 5.53. The van der Waals surface area contributed by atoms with Gasteiger partial charge in [0.05, 0.1) is 10.7 Å². The van der Waals surface area contributed by atoms with Crippen molar-refractivity contribution in [1.82, 2.24) is 0 Å². The summed E-state index contributed by atoms with van der Waals surface area (Å²) in [6, 6.07) is 15.1. The van der Waals surface area contributed by atoms with Crippen LogP contribution in [-0.2, 0) is 15.6 Å². The number of phenolic OH excluding ortho intramolecular Hbond substituents is 1. The summed E-state index contributed by atoms with van der Waals surface area (Å²) in [6.45, 7) is 0. The number of aromatic hydroxyl groups is 1. The van der Waals surface area contributed by atoms with Crippen molar-refractivity contribution in [3.05, 3.63) is 108 Å². The molecule has 0 fully saturated rings. The summed E-state index contributed by atoms with van der Waals surface area (Å²) in [5.41, 5.74) is -0.0758. The fourth-order valence-corrected chi connectivity index (χ4v) is 4.60. The second-order valence-corrected chi connectivity index (χ2v) is 9.57. The highest BCUT2D eigenvalue weighted by atomic mass is 35.5. The van der Waals surface area contributed by atoms with Crippen molar-refractivity contribution in [3.8, 4) is 5.75 Å². The standard InChI is InChI=1S/C22H15Cl2NO6S/c23-17-6-1-14(2-7-17)13-32(30,31)21(22(27)16-4-8-18(24)9-5-16)12-15-3-10-20(26)19(11-15)25(28)29/h1-12,26H,13H2. The van der Waals surface area contributed by atoms with E-state index in [1.807, 2.05) is 0 Å². The normalized spacial score (nSPS) is 11.9. The highest BCUT2D eigenvalue weighted by Crippen LogP contribution is 2.29. The number of nitro benzene ring substituents is 1. The van der Waals surface area contributed by atoms with Gasteiger partial charge in [0.2, 0.25) is 5.78 Å². The van der Waals surface area contributed by atoms with Gasteiger partial charge in [-0.3, -0.25) is 14.9 Å². The molecule has 0 aliphatic heterocycles. The minimum Gasteiger partial charge on any atom is -0.502 e. The predicted octanol–water partition coefficient (Wildman–Crippen LogP) is 5.45. The molecule has 0 radical (unpaired) electrons. The number of sulfone groups is 1. The SMILES string of the molecule is O=C(C(=Cc1ccc(O)c([N+](=O)[O-])c1)S(=O)(=O)Cc1ccc(Cl)cc1)c1ccc(Cl)cc1. The molecule has 10 heteroatoms. The number of halogens is 2. The Labute approximate surface area is 193 Å². The first-order valence-electron chi connectivity index (χ1n) is 9.03. The Kier molecular flexibility index (Phi) is 6.98.